The van der Waals surface area contributed by atoms with Crippen molar-refractivity contribution in [2.45, 2.75) is 66.8 Å². The molecule has 0 aromatic heterocycles. The first-order chi connectivity index (χ1) is 10.7. The Morgan fingerprint density at radius 3 is 2.17 bits per heavy atom. The molecule has 1 unspecified atom stereocenters. The van der Waals surface area contributed by atoms with Crippen LogP contribution in [0, 0.1) is 0 Å². The van der Waals surface area contributed by atoms with Crippen molar-refractivity contribution in [1.29, 1.82) is 0 Å². The third-order valence-electron chi connectivity index (χ3n) is 4.19. The van der Waals surface area contributed by atoms with Crippen molar-refractivity contribution in [3.63, 3.8) is 0 Å². The molecule has 0 saturated heterocycles. The van der Waals surface area contributed by atoms with Crippen LogP contribution in [0.4, 0.5) is 0 Å². The van der Waals surface area contributed by atoms with Gasteiger partial charge in [-0.1, -0.05) is 41.5 Å². The average Bonchev–Trinajstić information content (AvgIpc) is 2.57. The number of rotatable bonds is 6. The van der Waals surface area contributed by atoms with Crippen LogP contribution >= 0.6 is 0 Å². The molecule has 0 aliphatic carbocycles. The van der Waals surface area contributed by atoms with Crippen molar-refractivity contribution in [3.8, 4) is 11.5 Å². The van der Waals surface area contributed by atoms with E-state index in [1.807, 2.05) is 13.8 Å². The van der Waals surface area contributed by atoms with Gasteiger partial charge in [0, 0.05) is 12.6 Å². The molecule has 3 heteroatoms. The smallest absolute Gasteiger partial charge is 0.161 e. The molecule has 0 bridgehead atoms. The van der Waals surface area contributed by atoms with Gasteiger partial charge in [-0.3, -0.25) is 4.90 Å². The van der Waals surface area contributed by atoms with Gasteiger partial charge in [0.25, 0.3) is 0 Å². The quantitative estimate of drug-likeness (QED) is 0.692. The zero-order chi connectivity index (χ0) is 16.5. The molecule has 1 aliphatic rings. The first-order valence-electron chi connectivity index (χ1n) is 8.73. The fourth-order valence-corrected chi connectivity index (χ4v) is 3.25. The summed E-state index contributed by atoms with van der Waals surface area (Å²) in [6.07, 6.45) is 4.74. The van der Waals surface area contributed by atoms with Gasteiger partial charge in [-0.05, 0) is 49.1 Å². The van der Waals surface area contributed by atoms with Crippen molar-refractivity contribution in [2.24, 2.45) is 0 Å². The molecule has 0 N–H and O–H groups in total. The second kappa shape index (κ2) is 11.3. The Labute approximate surface area is 144 Å². The summed E-state index contributed by atoms with van der Waals surface area (Å²) in [7, 11) is 3.42. The van der Waals surface area contributed by atoms with Crippen LogP contribution in [0.25, 0.3) is 0 Å². The minimum atomic E-state index is 0. The van der Waals surface area contributed by atoms with E-state index in [2.05, 4.69) is 30.9 Å². The van der Waals surface area contributed by atoms with E-state index >= 15 is 0 Å². The van der Waals surface area contributed by atoms with Gasteiger partial charge in [0.2, 0.25) is 0 Å². The molecule has 1 aromatic carbocycles. The van der Waals surface area contributed by atoms with Crippen LogP contribution < -0.4 is 9.47 Å². The number of hydrogen-bond donors (Lipinski definition) is 0. The van der Waals surface area contributed by atoms with E-state index in [0.717, 1.165) is 24.5 Å². The highest BCUT2D eigenvalue weighted by Gasteiger charge is 2.27. The van der Waals surface area contributed by atoms with Gasteiger partial charge < -0.3 is 9.47 Å². The van der Waals surface area contributed by atoms with Crippen LogP contribution in [-0.2, 0) is 6.42 Å². The van der Waals surface area contributed by atoms with Gasteiger partial charge in [-0.25, -0.2) is 0 Å². The molecule has 3 nitrogen and oxygen atoms in total. The predicted molar refractivity (Wildman–Crippen MR) is 101 cm³/mol. The molecular formula is C20H37NO2. The highest BCUT2D eigenvalue weighted by Crippen LogP contribution is 2.39. The summed E-state index contributed by atoms with van der Waals surface area (Å²) in [6.45, 7) is 10.9. The molecule has 0 amide bonds. The third-order valence-corrected chi connectivity index (χ3v) is 4.19. The molecule has 1 aliphatic heterocycles. The molecule has 134 valence electrons. The minimum absolute atomic E-state index is 0. The normalized spacial score (nSPS) is 16.5. The number of benzene rings is 1. The lowest BCUT2D eigenvalue weighted by atomic mass is 9.89. The Morgan fingerprint density at radius 2 is 1.65 bits per heavy atom. The van der Waals surface area contributed by atoms with Crippen LogP contribution in [0.5, 0.6) is 11.5 Å². The van der Waals surface area contributed by atoms with Crippen LogP contribution in [-0.4, -0.2) is 32.2 Å². The molecule has 1 atom stereocenters. The largest absolute Gasteiger partial charge is 0.493 e. The Balaban J connectivity index is 0.00000155. The van der Waals surface area contributed by atoms with Crippen molar-refractivity contribution in [3.05, 3.63) is 23.3 Å². The maximum absolute atomic E-state index is 5.48. The Morgan fingerprint density at radius 1 is 1.04 bits per heavy atom. The first kappa shape index (κ1) is 21.8. The van der Waals surface area contributed by atoms with Crippen molar-refractivity contribution in [2.75, 3.05) is 27.3 Å². The molecular weight excluding hydrogens is 286 g/mol. The van der Waals surface area contributed by atoms with Crippen LogP contribution in [0.15, 0.2) is 12.1 Å². The Kier molecular flexibility index (Phi) is 10.7. The Bertz CT molecular complexity index is 446. The average molecular weight is 324 g/mol. The van der Waals surface area contributed by atoms with Gasteiger partial charge >= 0.3 is 0 Å². The number of ether oxygens (including phenoxy) is 2. The predicted octanol–water partition coefficient (Wildman–Crippen LogP) is 5.48. The summed E-state index contributed by atoms with van der Waals surface area (Å²) in [5.74, 6) is 1.70. The van der Waals surface area contributed by atoms with E-state index in [-0.39, 0.29) is 7.43 Å². The molecule has 1 heterocycles. The topological polar surface area (TPSA) is 21.7 Å². The summed E-state index contributed by atoms with van der Waals surface area (Å²) in [5.41, 5.74) is 2.86. The van der Waals surface area contributed by atoms with Crippen molar-refractivity contribution < 1.29 is 9.47 Å². The number of fused-ring (bicyclic) bond motifs is 1. The van der Waals surface area contributed by atoms with Crippen LogP contribution in [0.2, 0.25) is 0 Å². The third kappa shape index (κ3) is 5.13. The monoisotopic (exact) mass is 323 g/mol. The molecule has 0 saturated carbocycles. The molecule has 23 heavy (non-hydrogen) atoms. The van der Waals surface area contributed by atoms with E-state index in [0.29, 0.717) is 6.04 Å². The lowest BCUT2D eigenvalue weighted by Crippen LogP contribution is -2.36. The second-order valence-electron chi connectivity index (χ2n) is 5.50. The molecule has 0 fully saturated rings. The van der Waals surface area contributed by atoms with Crippen molar-refractivity contribution in [1.82, 2.24) is 4.90 Å². The standard InChI is InChI=1S/C17H27NO2.C2H6.CH4/c1-5-7-15-14-12-17(20-4)16(19-3)11-13(14)8-10-18(15)9-6-2;1-2;/h11-12,15H,5-10H2,1-4H3;1-2H3;1H4. The number of nitrogens with zero attached hydrogens (tertiary/aromatic N) is 1. The fourth-order valence-electron chi connectivity index (χ4n) is 3.25. The summed E-state index contributed by atoms with van der Waals surface area (Å²) in [5, 5.41) is 0. The van der Waals surface area contributed by atoms with Gasteiger partial charge in [-0.15, -0.1) is 0 Å². The second-order valence-corrected chi connectivity index (χ2v) is 5.50. The molecule has 1 aromatic rings. The first-order valence-corrected chi connectivity index (χ1v) is 8.73. The van der Waals surface area contributed by atoms with Gasteiger partial charge in [0.05, 0.1) is 14.2 Å². The maximum Gasteiger partial charge on any atom is 0.161 e. The minimum Gasteiger partial charge on any atom is -0.493 e. The van der Waals surface area contributed by atoms with Crippen LogP contribution in [0.1, 0.15) is 71.6 Å². The van der Waals surface area contributed by atoms with Gasteiger partial charge in [0.15, 0.2) is 11.5 Å². The highest BCUT2D eigenvalue weighted by atomic mass is 16.5. The fraction of sp³-hybridized carbons (Fsp3) is 0.700. The summed E-state index contributed by atoms with van der Waals surface area (Å²) < 4.78 is 10.9. The molecule has 2 rings (SSSR count). The van der Waals surface area contributed by atoms with Gasteiger partial charge in [-0.2, -0.15) is 0 Å². The number of hydrogen-bond acceptors (Lipinski definition) is 3. The van der Waals surface area contributed by atoms with E-state index in [1.165, 1.54) is 36.9 Å². The molecule has 0 radical (unpaired) electrons. The van der Waals surface area contributed by atoms with Crippen LogP contribution in [0.3, 0.4) is 0 Å². The highest BCUT2D eigenvalue weighted by molar-refractivity contribution is 5.49. The zero-order valence-electron chi connectivity index (χ0n) is 15.2. The lowest BCUT2D eigenvalue weighted by Gasteiger charge is -2.37. The summed E-state index contributed by atoms with van der Waals surface area (Å²) in [6, 6.07) is 4.89. The van der Waals surface area contributed by atoms with Gasteiger partial charge in [0.1, 0.15) is 0 Å². The van der Waals surface area contributed by atoms with E-state index in [1.54, 1.807) is 14.2 Å². The van der Waals surface area contributed by atoms with E-state index in [9.17, 15) is 0 Å². The van der Waals surface area contributed by atoms with E-state index < -0.39 is 0 Å². The van der Waals surface area contributed by atoms with Crippen molar-refractivity contribution >= 4 is 0 Å². The summed E-state index contributed by atoms with van der Waals surface area (Å²) in [4.78, 5) is 2.62. The number of methoxy groups -OCH3 is 2. The van der Waals surface area contributed by atoms with E-state index in [4.69, 9.17) is 9.47 Å². The summed E-state index contributed by atoms with van der Waals surface area (Å²) >= 11 is 0. The SMILES string of the molecule is C.CC.CCCC1c2cc(OC)c(OC)cc2CCN1CCC. The maximum atomic E-state index is 5.48. The molecule has 0 spiro atoms. The lowest BCUT2D eigenvalue weighted by molar-refractivity contribution is 0.174. The Hall–Kier alpha value is -1.22. The zero-order valence-corrected chi connectivity index (χ0v) is 15.2.